The summed E-state index contributed by atoms with van der Waals surface area (Å²) < 4.78 is 7.53. The van der Waals surface area contributed by atoms with Gasteiger partial charge in [0.2, 0.25) is 5.91 Å². The van der Waals surface area contributed by atoms with Gasteiger partial charge in [-0.25, -0.2) is 19.3 Å². The molecular formula is C25H35N9O4. The minimum atomic E-state index is -1.12. The van der Waals surface area contributed by atoms with Gasteiger partial charge in [0.15, 0.2) is 11.5 Å². The molecule has 3 aromatic rings. The SMILES string of the molecule is CCC[C@H](C)Oc1nc(N)c2ncc(Cc3cnc(N4CCN(C(=O)CN(C)C(=O)O)CC4)c(C)c3)n2n1. The summed E-state index contributed by atoms with van der Waals surface area (Å²) >= 11 is 0. The van der Waals surface area contributed by atoms with Gasteiger partial charge in [0, 0.05) is 45.8 Å². The van der Waals surface area contributed by atoms with Crippen LogP contribution in [0.5, 0.6) is 6.01 Å². The fourth-order valence-electron chi connectivity index (χ4n) is 4.54. The highest BCUT2D eigenvalue weighted by atomic mass is 16.5. The summed E-state index contributed by atoms with van der Waals surface area (Å²) in [5, 5.41) is 13.5. The van der Waals surface area contributed by atoms with Crippen molar-refractivity contribution in [2.24, 2.45) is 0 Å². The fraction of sp³-hybridized carbons (Fsp3) is 0.520. The van der Waals surface area contributed by atoms with E-state index in [0.29, 0.717) is 38.2 Å². The standard InChI is InChI=1S/C25H35N9O4/c1-5-6-17(3)38-24-29-21(26)23-28-14-19(34(23)30-24)12-18-11-16(2)22(27-13-18)33-9-7-32(8-10-33)20(35)15-31(4)25(36)37/h11,13-14,17H,5-10,12,15H2,1-4H3,(H,36,37)(H2,26,29,30)/t17-/m0/s1. The number of nitrogens with two attached hydrogens (primary N) is 1. The summed E-state index contributed by atoms with van der Waals surface area (Å²) in [5.74, 6) is 0.941. The van der Waals surface area contributed by atoms with Crippen LogP contribution in [0.1, 0.15) is 43.5 Å². The van der Waals surface area contributed by atoms with E-state index >= 15 is 0 Å². The zero-order chi connectivity index (χ0) is 27.4. The molecule has 0 saturated carbocycles. The molecule has 0 unspecified atom stereocenters. The number of hydrogen-bond donors (Lipinski definition) is 2. The van der Waals surface area contributed by atoms with Crippen LogP contribution in [0, 0.1) is 6.92 Å². The molecular weight excluding hydrogens is 490 g/mol. The van der Waals surface area contributed by atoms with Crippen molar-refractivity contribution < 1.29 is 19.4 Å². The molecule has 3 aromatic heterocycles. The van der Waals surface area contributed by atoms with Crippen LogP contribution in [0.25, 0.3) is 5.65 Å². The Morgan fingerprint density at radius 3 is 2.61 bits per heavy atom. The van der Waals surface area contributed by atoms with Crippen LogP contribution in [-0.4, -0.2) is 97.3 Å². The first-order chi connectivity index (χ1) is 18.2. The number of amides is 2. The Bertz CT molecular complexity index is 1300. The number of carbonyl (C=O) groups is 2. The molecule has 3 N–H and O–H groups in total. The number of likely N-dealkylation sites (N-methyl/N-ethyl adjacent to an activating group) is 1. The van der Waals surface area contributed by atoms with Gasteiger partial charge in [-0.05, 0) is 31.4 Å². The number of nitrogens with zero attached hydrogens (tertiary/aromatic N) is 8. The molecule has 204 valence electrons. The van der Waals surface area contributed by atoms with E-state index in [0.717, 1.165) is 40.4 Å². The van der Waals surface area contributed by atoms with Crippen LogP contribution in [0.2, 0.25) is 0 Å². The van der Waals surface area contributed by atoms with Crippen molar-refractivity contribution in [1.82, 2.24) is 34.4 Å². The van der Waals surface area contributed by atoms with Gasteiger partial charge in [-0.15, -0.1) is 5.10 Å². The summed E-state index contributed by atoms with van der Waals surface area (Å²) in [6, 6.07) is 2.32. The first-order valence-electron chi connectivity index (χ1n) is 12.7. The Morgan fingerprint density at radius 1 is 1.21 bits per heavy atom. The number of anilines is 2. The Morgan fingerprint density at radius 2 is 1.95 bits per heavy atom. The molecule has 1 fully saturated rings. The van der Waals surface area contributed by atoms with Crippen LogP contribution < -0.4 is 15.4 Å². The third-order valence-electron chi connectivity index (χ3n) is 6.56. The van der Waals surface area contributed by atoms with Crippen molar-refractivity contribution >= 4 is 29.3 Å². The Balaban J connectivity index is 1.43. The number of rotatable bonds is 9. The largest absolute Gasteiger partial charge is 0.465 e. The normalized spacial score (nSPS) is 14.5. The molecule has 1 aliphatic rings. The predicted octanol–water partition coefficient (Wildman–Crippen LogP) is 1.83. The quantitative estimate of drug-likeness (QED) is 0.422. The summed E-state index contributed by atoms with van der Waals surface area (Å²) in [5.41, 5.74) is 9.47. The number of aromatic nitrogens is 5. The molecule has 13 nitrogen and oxygen atoms in total. The molecule has 0 aromatic carbocycles. The topological polar surface area (TPSA) is 155 Å². The van der Waals surface area contributed by atoms with Gasteiger partial charge < -0.3 is 30.3 Å². The monoisotopic (exact) mass is 525 g/mol. The van der Waals surface area contributed by atoms with Crippen LogP contribution in [0.15, 0.2) is 18.5 Å². The van der Waals surface area contributed by atoms with Gasteiger partial charge in [0.25, 0.3) is 0 Å². The average Bonchev–Trinajstić information content (AvgIpc) is 3.27. The molecule has 0 aliphatic carbocycles. The van der Waals surface area contributed by atoms with Crippen molar-refractivity contribution in [2.75, 3.05) is 50.4 Å². The first kappa shape index (κ1) is 26.9. The number of ether oxygens (including phenoxy) is 1. The lowest BCUT2D eigenvalue weighted by atomic mass is 10.1. The second-order valence-corrected chi connectivity index (χ2v) is 9.65. The zero-order valence-corrected chi connectivity index (χ0v) is 22.3. The van der Waals surface area contributed by atoms with Crippen molar-refractivity contribution in [2.45, 2.75) is 46.1 Å². The molecule has 1 aliphatic heterocycles. The number of fused-ring (bicyclic) bond motifs is 1. The number of pyridine rings is 1. The molecule has 0 spiro atoms. The summed E-state index contributed by atoms with van der Waals surface area (Å²) in [6.07, 6.45) is 4.88. The van der Waals surface area contributed by atoms with E-state index in [9.17, 15) is 9.59 Å². The number of nitrogen functional groups attached to an aromatic ring is 1. The van der Waals surface area contributed by atoms with Crippen LogP contribution in [-0.2, 0) is 11.2 Å². The molecule has 38 heavy (non-hydrogen) atoms. The minimum Gasteiger partial charge on any atom is -0.465 e. The lowest BCUT2D eigenvalue weighted by Gasteiger charge is -2.36. The van der Waals surface area contributed by atoms with E-state index in [1.165, 1.54) is 7.05 Å². The Hall–Kier alpha value is -4.16. The van der Waals surface area contributed by atoms with Crippen LogP contribution in [0.3, 0.4) is 0 Å². The highest BCUT2D eigenvalue weighted by Crippen LogP contribution is 2.22. The van der Waals surface area contributed by atoms with E-state index < -0.39 is 6.09 Å². The first-order valence-corrected chi connectivity index (χ1v) is 12.7. The van der Waals surface area contributed by atoms with E-state index in [1.807, 2.05) is 20.0 Å². The second-order valence-electron chi connectivity index (χ2n) is 9.65. The number of piperazine rings is 1. The van der Waals surface area contributed by atoms with Crippen molar-refractivity contribution in [1.29, 1.82) is 0 Å². The molecule has 0 radical (unpaired) electrons. The lowest BCUT2D eigenvalue weighted by Crippen LogP contribution is -2.51. The van der Waals surface area contributed by atoms with Crippen molar-refractivity contribution in [3.63, 3.8) is 0 Å². The van der Waals surface area contributed by atoms with Gasteiger partial charge in [-0.3, -0.25) is 4.79 Å². The molecule has 4 heterocycles. The van der Waals surface area contributed by atoms with Crippen LogP contribution in [0.4, 0.5) is 16.4 Å². The Kier molecular flexibility index (Phi) is 8.13. The van der Waals surface area contributed by atoms with Crippen molar-refractivity contribution in [3.8, 4) is 6.01 Å². The average molecular weight is 526 g/mol. The smallest absolute Gasteiger partial charge is 0.407 e. The highest BCUT2D eigenvalue weighted by molar-refractivity contribution is 5.82. The number of hydrogen-bond acceptors (Lipinski definition) is 9. The maximum absolute atomic E-state index is 12.4. The van der Waals surface area contributed by atoms with E-state index in [4.69, 9.17) is 20.6 Å². The molecule has 4 rings (SSSR count). The van der Waals surface area contributed by atoms with Crippen LogP contribution >= 0.6 is 0 Å². The van der Waals surface area contributed by atoms with Gasteiger partial charge in [-0.1, -0.05) is 19.4 Å². The highest BCUT2D eigenvalue weighted by Gasteiger charge is 2.24. The second kappa shape index (κ2) is 11.5. The summed E-state index contributed by atoms with van der Waals surface area (Å²) in [6.45, 7) is 8.22. The predicted molar refractivity (Wildman–Crippen MR) is 141 cm³/mol. The summed E-state index contributed by atoms with van der Waals surface area (Å²) in [4.78, 5) is 41.6. The number of carboxylic acid groups (broad SMARTS) is 1. The lowest BCUT2D eigenvalue weighted by molar-refractivity contribution is -0.132. The van der Waals surface area contributed by atoms with Gasteiger partial charge in [-0.2, -0.15) is 4.98 Å². The summed E-state index contributed by atoms with van der Waals surface area (Å²) in [7, 11) is 1.39. The van der Waals surface area contributed by atoms with Gasteiger partial charge in [0.1, 0.15) is 12.4 Å². The Labute approximate surface area is 221 Å². The number of aryl methyl sites for hydroxylation is 1. The van der Waals surface area contributed by atoms with E-state index in [-0.39, 0.29) is 30.4 Å². The van der Waals surface area contributed by atoms with E-state index in [2.05, 4.69) is 33.0 Å². The molecule has 1 atom stereocenters. The molecule has 13 heteroatoms. The zero-order valence-electron chi connectivity index (χ0n) is 22.3. The van der Waals surface area contributed by atoms with Crippen molar-refractivity contribution in [3.05, 3.63) is 35.3 Å². The van der Waals surface area contributed by atoms with Gasteiger partial charge in [0.05, 0.1) is 18.0 Å². The molecule has 1 saturated heterocycles. The third-order valence-corrected chi connectivity index (χ3v) is 6.56. The number of imidazole rings is 1. The third kappa shape index (κ3) is 6.03. The van der Waals surface area contributed by atoms with E-state index in [1.54, 1.807) is 15.6 Å². The maximum atomic E-state index is 12.4. The minimum absolute atomic E-state index is 0.0192. The number of carbonyl (C=O) groups excluding carboxylic acids is 1. The molecule has 0 bridgehead atoms. The fourth-order valence-corrected chi connectivity index (χ4v) is 4.54. The molecule has 2 amide bonds. The van der Waals surface area contributed by atoms with Gasteiger partial charge >= 0.3 is 12.1 Å². The maximum Gasteiger partial charge on any atom is 0.407 e.